The van der Waals surface area contributed by atoms with Gasteiger partial charge in [-0.05, 0) is 5.70 Å². The first-order valence-corrected chi connectivity index (χ1v) is 5.18. The van der Waals surface area contributed by atoms with Crippen molar-refractivity contribution in [2.45, 2.75) is 0 Å². The zero-order valence-corrected chi connectivity index (χ0v) is 7.44. The van der Waals surface area contributed by atoms with Gasteiger partial charge < -0.3 is 8.85 Å². The molecule has 0 aromatic rings. The summed E-state index contributed by atoms with van der Waals surface area (Å²) in [5, 5.41) is 0. The van der Waals surface area contributed by atoms with Crippen LogP contribution in [0.5, 0.6) is 0 Å². The Kier molecular flexibility index (Phi) is 4.13. The second-order valence-corrected chi connectivity index (χ2v) is 5.48. The van der Waals surface area contributed by atoms with Gasteiger partial charge in [-0.2, -0.15) is 0 Å². The highest BCUT2D eigenvalue weighted by atomic mass is 35.5. The lowest BCUT2D eigenvalue weighted by Crippen LogP contribution is -2.40. The number of hydrogen-bond donors (Lipinski definition) is 0. The van der Waals surface area contributed by atoms with Crippen molar-refractivity contribution in [3.63, 3.8) is 0 Å². The fourth-order valence-corrected chi connectivity index (χ4v) is 2.22. The molecule has 4 heteroatoms. The summed E-state index contributed by atoms with van der Waals surface area (Å²) in [6, 6.07) is 0. The van der Waals surface area contributed by atoms with Crippen molar-refractivity contribution < 1.29 is 8.85 Å². The lowest BCUT2D eigenvalue weighted by Gasteiger charge is -2.19. The Balaban J connectivity index is 3.98. The van der Waals surface area contributed by atoms with E-state index in [-0.39, 0.29) is 0 Å². The molecule has 0 rings (SSSR count). The quantitative estimate of drug-likeness (QED) is 0.462. The molecule has 0 aromatic carbocycles. The monoisotopic (exact) mass is 166 g/mol. The van der Waals surface area contributed by atoms with Gasteiger partial charge in [0.15, 0.2) is 0 Å². The standard InChI is InChI=1S/C5H11ClO2Si/c1-4-9(5-6,7-2)8-3/h4H,1,5H2,2-3H3. The van der Waals surface area contributed by atoms with E-state index >= 15 is 0 Å². The molecule has 54 valence electrons. The SMILES string of the molecule is C=C[Si](CCl)(OC)OC. The van der Waals surface area contributed by atoms with E-state index in [4.69, 9.17) is 20.5 Å². The summed E-state index contributed by atoms with van der Waals surface area (Å²) >= 11 is 5.57. The van der Waals surface area contributed by atoms with E-state index in [1.165, 1.54) is 0 Å². The molecule has 2 nitrogen and oxygen atoms in total. The molecule has 0 aromatic heterocycles. The van der Waals surface area contributed by atoms with Crippen LogP contribution in [0.1, 0.15) is 0 Å². The van der Waals surface area contributed by atoms with Crippen LogP contribution in [0.3, 0.4) is 0 Å². The fraction of sp³-hybridized carbons (Fsp3) is 0.600. The molecule has 0 bridgehead atoms. The van der Waals surface area contributed by atoms with Crippen molar-refractivity contribution in [2.24, 2.45) is 0 Å². The Morgan fingerprint density at radius 1 is 1.56 bits per heavy atom. The number of rotatable bonds is 4. The second kappa shape index (κ2) is 4.06. The first-order valence-electron chi connectivity index (χ1n) is 2.54. The molecule has 0 radical (unpaired) electrons. The largest absolute Gasteiger partial charge is 0.394 e. The Hall–Kier alpha value is 0.167. The predicted molar refractivity (Wildman–Crippen MR) is 40.7 cm³/mol. The molecule has 0 atom stereocenters. The molecule has 0 spiro atoms. The summed E-state index contributed by atoms with van der Waals surface area (Å²) in [4.78, 5) is 0. The molecule has 0 aliphatic heterocycles. The van der Waals surface area contributed by atoms with Crippen molar-refractivity contribution in [1.82, 2.24) is 0 Å². The van der Waals surface area contributed by atoms with Gasteiger partial charge in [0.25, 0.3) is 0 Å². The number of hydrogen-bond acceptors (Lipinski definition) is 2. The zero-order chi connectivity index (χ0) is 7.33. The van der Waals surface area contributed by atoms with Gasteiger partial charge in [-0.15, -0.1) is 18.2 Å². The molecule has 0 aliphatic carbocycles. The van der Waals surface area contributed by atoms with Crippen LogP contribution in [0.4, 0.5) is 0 Å². The average molecular weight is 167 g/mol. The van der Waals surface area contributed by atoms with Crippen molar-refractivity contribution >= 4 is 20.2 Å². The van der Waals surface area contributed by atoms with Crippen LogP contribution in [0, 0.1) is 0 Å². The topological polar surface area (TPSA) is 18.5 Å². The summed E-state index contributed by atoms with van der Waals surface area (Å²) in [6.45, 7) is 3.57. The van der Waals surface area contributed by atoms with Crippen LogP contribution < -0.4 is 0 Å². The Morgan fingerprint density at radius 2 is 2.00 bits per heavy atom. The molecule has 0 saturated carbocycles. The van der Waals surface area contributed by atoms with Crippen LogP contribution in [0.2, 0.25) is 0 Å². The molecule has 0 N–H and O–H groups in total. The van der Waals surface area contributed by atoms with Crippen LogP contribution in [-0.2, 0) is 8.85 Å². The smallest absolute Gasteiger partial charge is 0.379 e. The summed E-state index contributed by atoms with van der Waals surface area (Å²) in [6.07, 6.45) is 0. The molecule has 0 unspecified atom stereocenters. The van der Waals surface area contributed by atoms with Crippen LogP contribution in [-0.4, -0.2) is 28.3 Å². The lowest BCUT2D eigenvalue weighted by atomic mass is 11.3. The third kappa shape index (κ3) is 2.10. The van der Waals surface area contributed by atoms with E-state index in [1.54, 1.807) is 19.9 Å². The molecule has 0 fully saturated rings. The zero-order valence-electron chi connectivity index (χ0n) is 5.69. The van der Waals surface area contributed by atoms with Crippen LogP contribution in [0.15, 0.2) is 12.3 Å². The first-order chi connectivity index (χ1) is 4.24. The molecule has 0 aliphatic rings. The molecule has 9 heavy (non-hydrogen) atoms. The third-order valence-electron chi connectivity index (χ3n) is 1.19. The van der Waals surface area contributed by atoms with E-state index in [0.29, 0.717) is 5.50 Å². The van der Waals surface area contributed by atoms with E-state index in [2.05, 4.69) is 6.58 Å². The molecular weight excluding hydrogens is 156 g/mol. The Labute approximate surface area is 61.7 Å². The van der Waals surface area contributed by atoms with Gasteiger partial charge in [0.2, 0.25) is 0 Å². The van der Waals surface area contributed by atoms with Crippen molar-refractivity contribution in [3.05, 3.63) is 12.3 Å². The Morgan fingerprint density at radius 3 is 2.00 bits per heavy atom. The highest BCUT2D eigenvalue weighted by Gasteiger charge is 2.30. The highest BCUT2D eigenvalue weighted by molar-refractivity contribution is 6.78. The maximum absolute atomic E-state index is 5.57. The minimum Gasteiger partial charge on any atom is -0.394 e. The van der Waals surface area contributed by atoms with Gasteiger partial charge in [0.1, 0.15) is 0 Å². The Bertz CT molecular complexity index is 84.7. The molecule has 0 heterocycles. The minimum absolute atomic E-state index is 0.392. The number of halogens is 1. The van der Waals surface area contributed by atoms with Crippen LogP contribution in [0.25, 0.3) is 0 Å². The average Bonchev–Trinajstić information content (AvgIpc) is 1.95. The maximum atomic E-state index is 5.57. The van der Waals surface area contributed by atoms with E-state index < -0.39 is 8.56 Å². The van der Waals surface area contributed by atoms with Crippen molar-refractivity contribution in [3.8, 4) is 0 Å². The normalized spacial score (nSPS) is 11.4. The van der Waals surface area contributed by atoms with Gasteiger partial charge in [0, 0.05) is 14.2 Å². The van der Waals surface area contributed by atoms with E-state index in [9.17, 15) is 0 Å². The summed E-state index contributed by atoms with van der Waals surface area (Å²) in [5.41, 5.74) is 2.06. The minimum atomic E-state index is -2.16. The van der Waals surface area contributed by atoms with Gasteiger partial charge in [-0.25, -0.2) is 0 Å². The number of alkyl halides is 1. The fourth-order valence-electron chi connectivity index (χ4n) is 0.414. The second-order valence-electron chi connectivity index (χ2n) is 1.56. The predicted octanol–water partition coefficient (Wildman–Crippen LogP) is 1.22. The summed E-state index contributed by atoms with van der Waals surface area (Å²) < 4.78 is 10.1. The summed E-state index contributed by atoms with van der Waals surface area (Å²) in [7, 11) is 1.00. The maximum Gasteiger partial charge on any atom is 0.379 e. The highest BCUT2D eigenvalue weighted by Crippen LogP contribution is 2.07. The van der Waals surface area contributed by atoms with Crippen molar-refractivity contribution in [2.75, 3.05) is 19.7 Å². The lowest BCUT2D eigenvalue weighted by molar-refractivity contribution is 0.262. The van der Waals surface area contributed by atoms with Crippen LogP contribution >= 0.6 is 11.6 Å². The van der Waals surface area contributed by atoms with Gasteiger partial charge in [-0.1, -0.05) is 0 Å². The summed E-state index contributed by atoms with van der Waals surface area (Å²) in [5.74, 6) is 0. The molecule has 0 saturated heterocycles. The third-order valence-corrected chi connectivity index (χ3v) is 4.68. The van der Waals surface area contributed by atoms with E-state index in [1.807, 2.05) is 0 Å². The van der Waals surface area contributed by atoms with Crippen molar-refractivity contribution in [1.29, 1.82) is 0 Å². The van der Waals surface area contributed by atoms with Gasteiger partial charge >= 0.3 is 8.56 Å². The van der Waals surface area contributed by atoms with Gasteiger partial charge in [-0.3, -0.25) is 0 Å². The van der Waals surface area contributed by atoms with E-state index in [0.717, 1.165) is 0 Å². The molecular formula is C5H11ClO2Si. The first kappa shape index (κ1) is 9.17. The van der Waals surface area contributed by atoms with Gasteiger partial charge in [0.05, 0.1) is 5.50 Å². The molecule has 0 amide bonds.